The molecule has 2 aliphatic rings. The zero-order chi connectivity index (χ0) is 19.7. The van der Waals surface area contributed by atoms with Crippen LogP contribution in [0.1, 0.15) is 37.7 Å². The molecule has 2 N–H and O–H groups in total. The Morgan fingerprint density at radius 2 is 2.04 bits per heavy atom. The molecule has 0 radical (unpaired) electrons. The Morgan fingerprint density at radius 1 is 1.29 bits per heavy atom. The summed E-state index contributed by atoms with van der Waals surface area (Å²) in [4.78, 5) is 32.1. The third kappa shape index (κ3) is 3.53. The molecule has 6 nitrogen and oxygen atoms in total. The van der Waals surface area contributed by atoms with E-state index in [1.165, 1.54) is 10.9 Å². The second-order valence-electron chi connectivity index (χ2n) is 8.42. The number of likely N-dealkylation sites (tertiary alicyclic amines) is 2. The minimum atomic E-state index is -0.479. The summed E-state index contributed by atoms with van der Waals surface area (Å²) in [6, 6.07) is 8.23. The second-order valence-corrected chi connectivity index (χ2v) is 8.42. The fourth-order valence-electron chi connectivity index (χ4n) is 4.94. The maximum atomic E-state index is 12.6. The highest BCUT2D eigenvalue weighted by molar-refractivity contribution is 5.85. The Kier molecular flexibility index (Phi) is 5.15. The van der Waals surface area contributed by atoms with Crippen molar-refractivity contribution in [1.82, 2.24) is 14.8 Å². The van der Waals surface area contributed by atoms with Crippen LogP contribution in [0.15, 0.2) is 30.5 Å². The third-order valence-electron chi connectivity index (χ3n) is 6.50. The summed E-state index contributed by atoms with van der Waals surface area (Å²) in [5, 5.41) is 11.3. The number of piperidine rings is 2. The molecule has 0 aliphatic carbocycles. The number of aromatic amines is 1. The Morgan fingerprint density at radius 3 is 2.82 bits per heavy atom. The lowest BCUT2D eigenvalue weighted by Gasteiger charge is -2.47. The van der Waals surface area contributed by atoms with E-state index in [-0.39, 0.29) is 11.8 Å². The van der Waals surface area contributed by atoms with Gasteiger partial charge in [0.2, 0.25) is 11.8 Å². The van der Waals surface area contributed by atoms with Crippen LogP contribution in [0.5, 0.6) is 0 Å². The summed E-state index contributed by atoms with van der Waals surface area (Å²) in [7, 11) is 1.76. The molecule has 150 valence electrons. The number of hydrogen-bond acceptors (Lipinski definition) is 3. The van der Waals surface area contributed by atoms with E-state index in [0.29, 0.717) is 45.3 Å². The van der Waals surface area contributed by atoms with Gasteiger partial charge in [-0.2, -0.15) is 0 Å². The highest BCUT2D eigenvalue weighted by Crippen LogP contribution is 2.40. The van der Waals surface area contributed by atoms with Crippen LogP contribution in [-0.4, -0.2) is 64.5 Å². The van der Waals surface area contributed by atoms with Crippen LogP contribution >= 0.6 is 0 Å². The molecule has 6 heteroatoms. The number of aryl methyl sites for hydroxylation is 1. The monoisotopic (exact) mass is 383 g/mol. The first-order chi connectivity index (χ1) is 13.5. The lowest BCUT2D eigenvalue weighted by molar-refractivity contribution is -0.156. The Hall–Kier alpha value is -2.34. The van der Waals surface area contributed by atoms with Crippen LogP contribution < -0.4 is 0 Å². The Bertz CT molecular complexity index is 867. The number of carbonyl (C=O) groups is 2. The summed E-state index contributed by atoms with van der Waals surface area (Å²) < 4.78 is 0. The number of nitrogens with zero attached hydrogens (tertiary/aromatic N) is 2. The molecule has 28 heavy (non-hydrogen) atoms. The number of rotatable bonds is 4. The van der Waals surface area contributed by atoms with Crippen molar-refractivity contribution in [3.8, 4) is 0 Å². The first kappa shape index (κ1) is 19.0. The quantitative estimate of drug-likeness (QED) is 0.851. The highest BCUT2D eigenvalue weighted by Gasteiger charge is 2.47. The minimum absolute atomic E-state index is 0.129. The van der Waals surface area contributed by atoms with Gasteiger partial charge in [0, 0.05) is 50.2 Å². The van der Waals surface area contributed by atoms with E-state index in [1.54, 1.807) is 11.9 Å². The van der Waals surface area contributed by atoms with Crippen molar-refractivity contribution in [1.29, 1.82) is 0 Å². The number of β-amino-alcohol motifs (C(OH)–C–C–N with tert-alkyl or cyclic N) is 1. The molecule has 1 unspecified atom stereocenters. The van der Waals surface area contributed by atoms with Gasteiger partial charge in [-0.25, -0.2) is 0 Å². The molecular weight excluding hydrogens is 354 g/mol. The average Bonchev–Trinajstić information content (AvgIpc) is 3.10. The van der Waals surface area contributed by atoms with E-state index < -0.39 is 11.5 Å². The van der Waals surface area contributed by atoms with E-state index in [2.05, 4.69) is 17.1 Å². The Balaban J connectivity index is 1.29. The predicted molar refractivity (Wildman–Crippen MR) is 108 cm³/mol. The fraction of sp³-hybridized carbons (Fsp3) is 0.545. The molecule has 0 saturated carbocycles. The van der Waals surface area contributed by atoms with Gasteiger partial charge in [-0.1, -0.05) is 18.2 Å². The highest BCUT2D eigenvalue weighted by atomic mass is 16.3. The number of carbonyl (C=O) groups excluding carboxylic acids is 2. The minimum Gasteiger partial charge on any atom is -0.391 e. The van der Waals surface area contributed by atoms with Gasteiger partial charge >= 0.3 is 0 Å². The first-order valence-electron chi connectivity index (χ1n) is 10.2. The lowest BCUT2D eigenvalue weighted by atomic mass is 9.71. The van der Waals surface area contributed by atoms with Gasteiger partial charge < -0.3 is 19.9 Å². The molecule has 3 heterocycles. The van der Waals surface area contributed by atoms with Crippen molar-refractivity contribution < 1.29 is 14.7 Å². The van der Waals surface area contributed by atoms with Gasteiger partial charge in [0.1, 0.15) is 0 Å². The van der Waals surface area contributed by atoms with Crippen molar-refractivity contribution in [3.63, 3.8) is 0 Å². The van der Waals surface area contributed by atoms with Gasteiger partial charge in [0.05, 0.1) is 11.5 Å². The molecule has 2 saturated heterocycles. The van der Waals surface area contributed by atoms with Crippen LogP contribution in [0, 0.1) is 5.41 Å². The van der Waals surface area contributed by atoms with Gasteiger partial charge in [0.15, 0.2) is 0 Å². The van der Waals surface area contributed by atoms with Crippen LogP contribution in [0.25, 0.3) is 10.9 Å². The largest absolute Gasteiger partial charge is 0.391 e. The number of likely N-dealkylation sites (N-methyl/N-ethyl adjacent to an activating group) is 1. The summed E-state index contributed by atoms with van der Waals surface area (Å²) >= 11 is 0. The summed E-state index contributed by atoms with van der Waals surface area (Å²) in [6.07, 6.45) is 5.65. The van der Waals surface area contributed by atoms with Crippen molar-refractivity contribution in [2.24, 2.45) is 5.41 Å². The molecule has 1 spiro atoms. The maximum Gasteiger partial charge on any atom is 0.228 e. The number of fused-ring (bicyclic) bond motifs is 1. The lowest BCUT2D eigenvalue weighted by Crippen LogP contribution is -2.56. The van der Waals surface area contributed by atoms with Crippen molar-refractivity contribution >= 4 is 22.7 Å². The van der Waals surface area contributed by atoms with Crippen molar-refractivity contribution in [2.75, 3.05) is 26.7 Å². The van der Waals surface area contributed by atoms with E-state index in [1.807, 2.05) is 23.2 Å². The van der Waals surface area contributed by atoms with Crippen LogP contribution in [-0.2, 0) is 16.0 Å². The smallest absolute Gasteiger partial charge is 0.228 e. The molecule has 2 aromatic rings. The summed E-state index contributed by atoms with van der Waals surface area (Å²) in [6.45, 7) is 1.63. The number of hydrogen-bond donors (Lipinski definition) is 2. The fourth-order valence-corrected chi connectivity index (χ4v) is 4.94. The van der Waals surface area contributed by atoms with E-state index in [0.717, 1.165) is 18.4 Å². The van der Waals surface area contributed by atoms with Crippen LogP contribution in [0.4, 0.5) is 0 Å². The van der Waals surface area contributed by atoms with Crippen molar-refractivity contribution in [3.05, 3.63) is 36.0 Å². The second kappa shape index (κ2) is 7.59. The molecule has 1 aromatic heterocycles. The molecule has 0 bridgehead atoms. The third-order valence-corrected chi connectivity index (χ3v) is 6.50. The zero-order valence-electron chi connectivity index (χ0n) is 16.5. The topological polar surface area (TPSA) is 76.6 Å². The molecule has 1 aromatic carbocycles. The van der Waals surface area contributed by atoms with Crippen LogP contribution in [0.3, 0.4) is 0 Å². The molecular formula is C22H29N3O3. The summed E-state index contributed by atoms with van der Waals surface area (Å²) in [5.74, 6) is 0.302. The molecule has 2 amide bonds. The molecule has 4 rings (SSSR count). The van der Waals surface area contributed by atoms with Gasteiger partial charge in [-0.3, -0.25) is 9.59 Å². The average molecular weight is 383 g/mol. The normalized spacial score (nSPS) is 22.2. The number of aliphatic hydroxyl groups excluding tert-OH is 1. The number of para-hydroxylation sites is 1. The van der Waals surface area contributed by atoms with E-state index >= 15 is 0 Å². The zero-order valence-corrected chi connectivity index (χ0v) is 16.5. The molecule has 2 aliphatic heterocycles. The van der Waals surface area contributed by atoms with Crippen molar-refractivity contribution in [2.45, 2.75) is 44.6 Å². The SMILES string of the molecule is CN1CC(O)CC2(CCN(C(=O)CCCc3c[nH]c4ccccc34)CC2)C1=O. The number of aromatic nitrogens is 1. The van der Waals surface area contributed by atoms with Gasteiger partial charge in [-0.15, -0.1) is 0 Å². The van der Waals surface area contributed by atoms with E-state index in [4.69, 9.17) is 0 Å². The summed E-state index contributed by atoms with van der Waals surface area (Å²) in [5.41, 5.74) is 1.91. The number of amides is 2. The molecule has 1 atom stereocenters. The number of nitrogens with one attached hydrogen (secondary N) is 1. The van der Waals surface area contributed by atoms with Crippen LogP contribution in [0.2, 0.25) is 0 Å². The standard InChI is InChI=1S/C22H29N3O3/c1-24-15-17(26)13-22(21(24)28)9-11-25(12-10-22)20(27)8-4-5-16-14-23-19-7-3-2-6-18(16)19/h2-3,6-7,14,17,23,26H,4-5,8-13,15H2,1H3. The molecule has 2 fully saturated rings. The number of H-pyrrole nitrogens is 1. The first-order valence-corrected chi connectivity index (χ1v) is 10.2. The number of aliphatic hydroxyl groups is 1. The predicted octanol–water partition coefficient (Wildman–Crippen LogP) is 2.32. The van der Waals surface area contributed by atoms with E-state index in [9.17, 15) is 14.7 Å². The van der Waals surface area contributed by atoms with Gasteiger partial charge in [-0.05, 0) is 43.7 Å². The van der Waals surface area contributed by atoms with Gasteiger partial charge in [0.25, 0.3) is 0 Å². The number of benzene rings is 1. The maximum absolute atomic E-state index is 12.6. The Labute approximate surface area is 165 Å².